The quantitative estimate of drug-likeness (QED) is 0.501. The zero-order chi connectivity index (χ0) is 22.1. The maximum Gasteiger partial charge on any atom is 0.434 e. The zero-order valence-electron chi connectivity index (χ0n) is 16.0. The Hall–Kier alpha value is -2.94. The Bertz CT molecular complexity index is 1170. The molecule has 158 valence electrons. The van der Waals surface area contributed by atoms with Crippen molar-refractivity contribution in [2.45, 2.75) is 18.0 Å². The highest BCUT2D eigenvalue weighted by atomic mass is 32.2. The van der Waals surface area contributed by atoms with E-state index in [1.165, 1.54) is 42.5 Å². The molecule has 0 aliphatic rings. The van der Waals surface area contributed by atoms with Crippen molar-refractivity contribution in [3.63, 3.8) is 0 Å². The van der Waals surface area contributed by atoms with Crippen LogP contribution in [0.4, 0.5) is 17.6 Å². The first kappa shape index (κ1) is 21.8. The molecule has 1 aromatic heterocycles. The molecule has 0 saturated heterocycles. The summed E-state index contributed by atoms with van der Waals surface area (Å²) >= 11 is 0. The summed E-state index contributed by atoms with van der Waals surface area (Å²) in [5.41, 5.74) is -1.54. The van der Waals surface area contributed by atoms with E-state index in [0.29, 0.717) is 0 Å². The van der Waals surface area contributed by atoms with E-state index in [9.17, 15) is 26.0 Å². The fourth-order valence-electron chi connectivity index (χ4n) is 3.08. The summed E-state index contributed by atoms with van der Waals surface area (Å²) in [4.78, 5) is 3.48. The van der Waals surface area contributed by atoms with Gasteiger partial charge in [-0.2, -0.15) is 13.2 Å². The van der Waals surface area contributed by atoms with Gasteiger partial charge in [0, 0.05) is 23.4 Å². The van der Waals surface area contributed by atoms with E-state index in [2.05, 4.69) is 4.98 Å². The largest absolute Gasteiger partial charge is 0.478 e. The SMILES string of the molecule is CCOc1cc(-c2ccccc2S(C)(=O)=O)c(-c2ccc(F)cc2)c(C(F)(F)F)n1. The number of hydrogen-bond acceptors (Lipinski definition) is 4. The first-order valence-electron chi connectivity index (χ1n) is 8.82. The molecule has 0 N–H and O–H groups in total. The third-order valence-corrected chi connectivity index (χ3v) is 5.42. The highest BCUT2D eigenvalue weighted by Crippen LogP contribution is 2.44. The fourth-order valence-corrected chi connectivity index (χ4v) is 3.99. The van der Waals surface area contributed by atoms with Gasteiger partial charge in [0.1, 0.15) is 5.82 Å². The van der Waals surface area contributed by atoms with Gasteiger partial charge in [-0.3, -0.25) is 0 Å². The van der Waals surface area contributed by atoms with Crippen LogP contribution in [0.1, 0.15) is 12.6 Å². The van der Waals surface area contributed by atoms with E-state index >= 15 is 0 Å². The summed E-state index contributed by atoms with van der Waals surface area (Å²) in [6, 6.07) is 11.4. The molecule has 0 fully saturated rings. The van der Waals surface area contributed by atoms with Crippen molar-refractivity contribution in [2.24, 2.45) is 0 Å². The molecule has 9 heteroatoms. The van der Waals surface area contributed by atoms with Crippen LogP contribution in [-0.2, 0) is 16.0 Å². The first-order valence-corrected chi connectivity index (χ1v) is 10.7. The van der Waals surface area contributed by atoms with Crippen LogP contribution in [0.5, 0.6) is 5.88 Å². The number of aromatic nitrogens is 1. The average molecular weight is 439 g/mol. The number of nitrogens with zero attached hydrogens (tertiary/aromatic N) is 1. The normalized spacial score (nSPS) is 12.1. The fraction of sp³-hybridized carbons (Fsp3) is 0.190. The van der Waals surface area contributed by atoms with Crippen LogP contribution in [0, 0.1) is 5.82 Å². The summed E-state index contributed by atoms with van der Waals surface area (Å²) in [5, 5.41) is 0. The minimum Gasteiger partial charge on any atom is -0.478 e. The molecule has 0 saturated carbocycles. The summed E-state index contributed by atoms with van der Waals surface area (Å²) in [7, 11) is -3.76. The number of benzene rings is 2. The lowest BCUT2D eigenvalue weighted by Gasteiger charge is -2.20. The predicted molar refractivity (Wildman–Crippen MR) is 104 cm³/mol. The monoisotopic (exact) mass is 439 g/mol. The van der Waals surface area contributed by atoms with Crippen LogP contribution in [0.25, 0.3) is 22.3 Å². The van der Waals surface area contributed by atoms with E-state index in [1.807, 2.05) is 0 Å². The van der Waals surface area contributed by atoms with Gasteiger partial charge in [0.2, 0.25) is 5.88 Å². The van der Waals surface area contributed by atoms with Crippen molar-refractivity contribution >= 4 is 9.84 Å². The van der Waals surface area contributed by atoms with E-state index in [4.69, 9.17) is 4.74 Å². The van der Waals surface area contributed by atoms with Crippen LogP contribution in [0.3, 0.4) is 0 Å². The van der Waals surface area contributed by atoms with Gasteiger partial charge >= 0.3 is 6.18 Å². The summed E-state index contributed by atoms with van der Waals surface area (Å²) < 4.78 is 85.1. The molecular formula is C21H17F4NO3S. The molecule has 4 nitrogen and oxygen atoms in total. The van der Waals surface area contributed by atoms with Gasteiger partial charge in [-0.05, 0) is 36.2 Å². The highest BCUT2D eigenvalue weighted by Gasteiger charge is 2.38. The van der Waals surface area contributed by atoms with Gasteiger partial charge in [-0.15, -0.1) is 0 Å². The molecule has 0 bridgehead atoms. The predicted octanol–water partition coefficient (Wildman–Crippen LogP) is 5.38. The van der Waals surface area contributed by atoms with E-state index in [1.54, 1.807) is 6.92 Å². The average Bonchev–Trinajstić information content (AvgIpc) is 2.67. The Labute approximate surface area is 171 Å². The molecule has 0 spiro atoms. The number of alkyl halides is 3. The molecule has 3 aromatic rings. The number of rotatable bonds is 5. The second-order valence-electron chi connectivity index (χ2n) is 6.44. The smallest absolute Gasteiger partial charge is 0.434 e. The van der Waals surface area contributed by atoms with Crippen molar-refractivity contribution < 1.29 is 30.7 Å². The molecule has 0 atom stereocenters. The second kappa shape index (κ2) is 8.06. The lowest BCUT2D eigenvalue weighted by Crippen LogP contribution is -2.13. The minimum absolute atomic E-state index is 0.0339. The van der Waals surface area contributed by atoms with Gasteiger partial charge in [0.15, 0.2) is 15.5 Å². The zero-order valence-corrected chi connectivity index (χ0v) is 16.8. The molecule has 3 rings (SSSR count). The van der Waals surface area contributed by atoms with E-state index < -0.39 is 27.5 Å². The van der Waals surface area contributed by atoms with Crippen molar-refractivity contribution in [3.8, 4) is 28.1 Å². The molecule has 1 heterocycles. The summed E-state index contributed by atoms with van der Waals surface area (Å²) in [6.07, 6.45) is -3.90. The summed E-state index contributed by atoms with van der Waals surface area (Å²) in [6.45, 7) is 1.65. The van der Waals surface area contributed by atoms with E-state index in [0.717, 1.165) is 18.4 Å². The van der Waals surface area contributed by atoms with Crippen molar-refractivity contribution in [1.82, 2.24) is 4.98 Å². The Morgan fingerprint density at radius 1 is 1.00 bits per heavy atom. The molecule has 0 aliphatic heterocycles. The third-order valence-electron chi connectivity index (χ3n) is 4.27. The highest BCUT2D eigenvalue weighted by molar-refractivity contribution is 7.90. The van der Waals surface area contributed by atoms with Gasteiger partial charge in [0.25, 0.3) is 0 Å². The summed E-state index contributed by atoms with van der Waals surface area (Å²) in [5.74, 6) is -0.918. The van der Waals surface area contributed by atoms with Gasteiger partial charge in [-0.1, -0.05) is 30.3 Å². The van der Waals surface area contributed by atoms with Crippen LogP contribution in [0.2, 0.25) is 0 Å². The van der Waals surface area contributed by atoms with Gasteiger partial charge in [-0.25, -0.2) is 17.8 Å². The Kier molecular flexibility index (Phi) is 5.85. The first-order chi connectivity index (χ1) is 14.0. The van der Waals surface area contributed by atoms with Gasteiger partial charge < -0.3 is 4.74 Å². The van der Waals surface area contributed by atoms with Crippen LogP contribution >= 0.6 is 0 Å². The number of sulfone groups is 1. The van der Waals surface area contributed by atoms with Crippen molar-refractivity contribution in [2.75, 3.05) is 12.9 Å². The second-order valence-corrected chi connectivity index (χ2v) is 8.42. The van der Waals surface area contributed by atoms with E-state index in [-0.39, 0.29) is 39.6 Å². The Balaban J connectivity index is 2.48. The topological polar surface area (TPSA) is 56.3 Å². The third kappa shape index (κ3) is 4.46. The molecule has 0 radical (unpaired) electrons. The molecule has 0 amide bonds. The van der Waals surface area contributed by atoms with Crippen LogP contribution in [-0.4, -0.2) is 26.3 Å². The number of ether oxygens (including phenoxy) is 1. The lowest BCUT2D eigenvalue weighted by atomic mass is 9.93. The van der Waals surface area contributed by atoms with Crippen LogP contribution in [0.15, 0.2) is 59.5 Å². The maximum absolute atomic E-state index is 14.0. The maximum atomic E-state index is 14.0. The number of halogens is 4. The Morgan fingerprint density at radius 3 is 2.20 bits per heavy atom. The molecule has 30 heavy (non-hydrogen) atoms. The molecule has 2 aromatic carbocycles. The molecular weight excluding hydrogens is 422 g/mol. The standard InChI is InChI=1S/C21H17F4NO3S/c1-3-29-18-12-16(15-6-4-5-7-17(15)30(2,27)28)19(20(26-18)21(23,24)25)13-8-10-14(22)11-9-13/h4-12H,3H2,1-2H3. The molecule has 0 aliphatic carbocycles. The van der Waals surface area contributed by atoms with Gasteiger partial charge in [0.05, 0.1) is 11.5 Å². The van der Waals surface area contributed by atoms with Crippen molar-refractivity contribution in [1.29, 1.82) is 0 Å². The number of pyridine rings is 1. The Morgan fingerprint density at radius 2 is 1.63 bits per heavy atom. The lowest BCUT2D eigenvalue weighted by molar-refractivity contribution is -0.140. The van der Waals surface area contributed by atoms with Crippen molar-refractivity contribution in [3.05, 3.63) is 66.1 Å². The van der Waals surface area contributed by atoms with Crippen LogP contribution < -0.4 is 4.74 Å². The minimum atomic E-state index is -4.87. The molecule has 0 unspecified atom stereocenters. The number of hydrogen-bond donors (Lipinski definition) is 0.